The van der Waals surface area contributed by atoms with Crippen molar-refractivity contribution in [2.75, 3.05) is 11.9 Å². The molecule has 0 atom stereocenters. The van der Waals surface area contributed by atoms with Gasteiger partial charge in [-0.25, -0.2) is 4.98 Å². The maximum atomic E-state index is 9.19. The molecule has 3 N–H and O–H groups in total. The van der Waals surface area contributed by atoms with Crippen LogP contribution in [0.5, 0.6) is 0 Å². The Balaban J connectivity index is 1.90. The third-order valence-electron chi connectivity index (χ3n) is 3.09. The fourth-order valence-electron chi connectivity index (χ4n) is 2.19. The van der Waals surface area contributed by atoms with Crippen molar-refractivity contribution in [2.24, 2.45) is 0 Å². The lowest BCUT2D eigenvalue weighted by Gasteiger charge is -2.08. The number of fused-ring (bicyclic) bond motifs is 1. The number of nitrogens with zero attached hydrogens (tertiary/aromatic N) is 2. The molecule has 0 saturated heterocycles. The van der Waals surface area contributed by atoms with Crippen LogP contribution in [-0.2, 0) is 13.1 Å². The lowest BCUT2D eigenvalue weighted by molar-refractivity contribution is 0.278. The molecule has 0 saturated carbocycles. The van der Waals surface area contributed by atoms with Crippen molar-refractivity contribution < 1.29 is 5.11 Å². The minimum absolute atomic E-state index is 0.0964. The first-order chi connectivity index (χ1) is 9.38. The summed E-state index contributed by atoms with van der Waals surface area (Å²) in [5.74, 6) is 0.788. The largest absolute Gasteiger partial charge is 0.395 e. The summed E-state index contributed by atoms with van der Waals surface area (Å²) in [5.41, 5.74) is 3.14. The van der Waals surface area contributed by atoms with Gasteiger partial charge < -0.3 is 20.0 Å². The van der Waals surface area contributed by atoms with Crippen LogP contribution in [0.25, 0.3) is 11.0 Å². The van der Waals surface area contributed by atoms with E-state index in [4.69, 9.17) is 0 Å². The smallest absolute Gasteiger partial charge is 0.204 e. The number of aliphatic hydroxyl groups excluding tert-OH is 1. The predicted octanol–water partition coefficient (Wildman–Crippen LogP) is 1.97. The Hall–Kier alpha value is -2.27. The second kappa shape index (κ2) is 5.16. The molecule has 0 aliphatic carbocycles. The molecular weight excluding hydrogens is 240 g/mol. The van der Waals surface area contributed by atoms with E-state index in [1.807, 2.05) is 47.3 Å². The van der Waals surface area contributed by atoms with Gasteiger partial charge in [-0.05, 0) is 23.8 Å². The summed E-state index contributed by atoms with van der Waals surface area (Å²) in [5, 5.41) is 12.5. The van der Waals surface area contributed by atoms with E-state index in [0.717, 1.165) is 17.0 Å². The average molecular weight is 256 g/mol. The Bertz CT molecular complexity index is 657. The first-order valence-electron chi connectivity index (χ1n) is 6.30. The van der Waals surface area contributed by atoms with Gasteiger partial charge in [0.25, 0.3) is 0 Å². The number of H-pyrrole nitrogens is 1. The Morgan fingerprint density at radius 1 is 1.26 bits per heavy atom. The summed E-state index contributed by atoms with van der Waals surface area (Å²) in [4.78, 5) is 7.59. The zero-order chi connectivity index (χ0) is 13.1. The molecule has 5 heteroatoms. The fraction of sp³-hybridized carbons (Fsp3) is 0.214. The topological polar surface area (TPSA) is 65.9 Å². The number of imidazole rings is 1. The van der Waals surface area contributed by atoms with Crippen LogP contribution in [-0.4, -0.2) is 26.2 Å². The van der Waals surface area contributed by atoms with Crippen molar-refractivity contribution in [1.29, 1.82) is 0 Å². The van der Waals surface area contributed by atoms with Gasteiger partial charge in [0.15, 0.2) is 0 Å². The molecule has 0 unspecified atom stereocenters. The maximum absolute atomic E-state index is 9.19. The van der Waals surface area contributed by atoms with Gasteiger partial charge in [-0.15, -0.1) is 0 Å². The third kappa shape index (κ3) is 2.32. The SMILES string of the molecule is OCCn1c(NCc2cc[nH]c2)nc2ccccc21. The molecule has 0 radical (unpaired) electrons. The zero-order valence-corrected chi connectivity index (χ0v) is 10.5. The van der Waals surface area contributed by atoms with Crippen molar-refractivity contribution in [2.45, 2.75) is 13.1 Å². The number of para-hydroxylation sites is 2. The molecule has 3 rings (SSSR count). The number of benzene rings is 1. The highest BCUT2D eigenvalue weighted by molar-refractivity contribution is 5.78. The fourth-order valence-corrected chi connectivity index (χ4v) is 2.19. The standard InChI is InChI=1S/C14H16N4O/c19-8-7-18-13-4-2-1-3-12(13)17-14(18)16-10-11-5-6-15-9-11/h1-6,9,15,19H,7-8,10H2,(H,16,17). The van der Waals surface area contributed by atoms with Crippen molar-refractivity contribution in [1.82, 2.24) is 14.5 Å². The van der Waals surface area contributed by atoms with E-state index in [1.165, 1.54) is 5.56 Å². The van der Waals surface area contributed by atoms with Gasteiger partial charge >= 0.3 is 0 Å². The predicted molar refractivity (Wildman–Crippen MR) is 74.9 cm³/mol. The first-order valence-corrected chi connectivity index (χ1v) is 6.30. The molecule has 1 aromatic carbocycles. The van der Waals surface area contributed by atoms with Crippen molar-refractivity contribution in [3.63, 3.8) is 0 Å². The van der Waals surface area contributed by atoms with Gasteiger partial charge in [0.1, 0.15) is 0 Å². The van der Waals surface area contributed by atoms with Gasteiger partial charge in [0.2, 0.25) is 5.95 Å². The number of rotatable bonds is 5. The van der Waals surface area contributed by atoms with Crippen LogP contribution in [0.3, 0.4) is 0 Å². The van der Waals surface area contributed by atoms with Gasteiger partial charge in [-0.2, -0.15) is 0 Å². The van der Waals surface area contributed by atoms with Crippen LogP contribution in [0.15, 0.2) is 42.7 Å². The number of hydrogen-bond donors (Lipinski definition) is 3. The Kier molecular flexibility index (Phi) is 3.20. The second-order valence-electron chi connectivity index (χ2n) is 4.37. The molecule has 2 aromatic heterocycles. The molecule has 0 spiro atoms. The van der Waals surface area contributed by atoms with Crippen LogP contribution in [0.1, 0.15) is 5.56 Å². The van der Waals surface area contributed by atoms with Gasteiger partial charge in [-0.3, -0.25) is 0 Å². The highest BCUT2D eigenvalue weighted by Gasteiger charge is 2.09. The van der Waals surface area contributed by atoms with E-state index in [-0.39, 0.29) is 6.61 Å². The first kappa shape index (κ1) is 11.8. The van der Waals surface area contributed by atoms with Crippen LogP contribution >= 0.6 is 0 Å². The molecule has 5 nitrogen and oxygen atoms in total. The molecule has 2 heterocycles. The van der Waals surface area contributed by atoms with Crippen LogP contribution in [0.2, 0.25) is 0 Å². The average Bonchev–Trinajstić information content (AvgIpc) is 3.05. The minimum Gasteiger partial charge on any atom is -0.395 e. The summed E-state index contributed by atoms with van der Waals surface area (Å²) in [6, 6.07) is 9.96. The molecule has 0 aliphatic rings. The number of hydrogen-bond acceptors (Lipinski definition) is 3. The molecule has 19 heavy (non-hydrogen) atoms. The lowest BCUT2D eigenvalue weighted by Crippen LogP contribution is -2.09. The molecule has 0 aliphatic heterocycles. The van der Waals surface area contributed by atoms with E-state index in [1.54, 1.807) is 0 Å². The molecule has 0 fully saturated rings. The van der Waals surface area contributed by atoms with Crippen LogP contribution in [0, 0.1) is 0 Å². The summed E-state index contributed by atoms with van der Waals surface area (Å²) in [6.07, 6.45) is 3.85. The highest BCUT2D eigenvalue weighted by atomic mass is 16.3. The zero-order valence-electron chi connectivity index (χ0n) is 10.5. The Labute approximate surface area is 110 Å². The van der Waals surface area contributed by atoms with Crippen LogP contribution in [0.4, 0.5) is 5.95 Å². The normalized spacial score (nSPS) is 11.0. The van der Waals surface area contributed by atoms with Crippen molar-refractivity contribution in [3.8, 4) is 0 Å². The summed E-state index contributed by atoms with van der Waals surface area (Å²) in [6.45, 7) is 1.34. The van der Waals surface area contributed by atoms with Crippen LogP contribution < -0.4 is 5.32 Å². The van der Waals surface area contributed by atoms with E-state index in [0.29, 0.717) is 13.1 Å². The van der Waals surface area contributed by atoms with Crippen molar-refractivity contribution >= 4 is 17.0 Å². The highest BCUT2D eigenvalue weighted by Crippen LogP contribution is 2.19. The summed E-state index contributed by atoms with van der Waals surface area (Å²) in [7, 11) is 0. The Morgan fingerprint density at radius 2 is 2.16 bits per heavy atom. The maximum Gasteiger partial charge on any atom is 0.204 e. The van der Waals surface area contributed by atoms with E-state index >= 15 is 0 Å². The van der Waals surface area contributed by atoms with Gasteiger partial charge in [0.05, 0.1) is 17.6 Å². The van der Waals surface area contributed by atoms with Gasteiger partial charge in [0, 0.05) is 25.5 Å². The number of nitrogens with one attached hydrogen (secondary N) is 2. The van der Waals surface area contributed by atoms with E-state index in [9.17, 15) is 5.11 Å². The quantitative estimate of drug-likeness (QED) is 0.654. The number of anilines is 1. The molecule has 0 bridgehead atoms. The third-order valence-corrected chi connectivity index (χ3v) is 3.09. The minimum atomic E-state index is 0.0964. The summed E-state index contributed by atoms with van der Waals surface area (Å²) >= 11 is 0. The molecular formula is C14H16N4O. The molecule has 3 aromatic rings. The van der Waals surface area contributed by atoms with Gasteiger partial charge in [-0.1, -0.05) is 12.1 Å². The van der Waals surface area contributed by atoms with E-state index < -0.39 is 0 Å². The number of aliphatic hydroxyl groups is 1. The Morgan fingerprint density at radius 3 is 2.95 bits per heavy atom. The summed E-state index contributed by atoms with van der Waals surface area (Å²) < 4.78 is 2.00. The van der Waals surface area contributed by atoms with E-state index in [2.05, 4.69) is 15.3 Å². The monoisotopic (exact) mass is 256 g/mol. The number of aromatic amines is 1. The van der Waals surface area contributed by atoms with Crippen molar-refractivity contribution in [3.05, 3.63) is 48.3 Å². The second-order valence-corrected chi connectivity index (χ2v) is 4.37. The lowest BCUT2D eigenvalue weighted by atomic mass is 10.3. The number of aromatic nitrogens is 3. The molecule has 0 amide bonds. The molecule has 98 valence electrons.